The van der Waals surface area contributed by atoms with Crippen LogP contribution in [0, 0.1) is 0 Å². The predicted octanol–water partition coefficient (Wildman–Crippen LogP) is 4.45. The second kappa shape index (κ2) is 9.48. The molecular formula is C18H15Cl2F3N2O5. The molecule has 1 heterocycles. The summed E-state index contributed by atoms with van der Waals surface area (Å²) in [7, 11) is 0. The lowest BCUT2D eigenvalue weighted by atomic mass is 10.1. The average molecular weight is 467 g/mol. The summed E-state index contributed by atoms with van der Waals surface area (Å²) >= 11 is 11.6. The number of ketones is 1. The zero-order valence-corrected chi connectivity index (χ0v) is 17.2. The first-order valence-corrected chi connectivity index (χ1v) is 9.27. The topological polar surface area (TPSA) is 87.5 Å². The molecule has 162 valence electrons. The molecule has 0 radical (unpaired) electrons. The van der Waals surface area contributed by atoms with Gasteiger partial charge in [0.2, 0.25) is 0 Å². The molecule has 0 unspecified atom stereocenters. The molecule has 0 saturated heterocycles. The zero-order valence-electron chi connectivity index (χ0n) is 15.7. The number of hydrogen-bond acceptors (Lipinski definition) is 6. The third-order valence-corrected chi connectivity index (χ3v) is 4.45. The molecule has 0 aliphatic heterocycles. The van der Waals surface area contributed by atoms with Gasteiger partial charge in [0, 0.05) is 5.56 Å². The number of halogens is 5. The Morgan fingerprint density at radius 2 is 1.63 bits per heavy atom. The average Bonchev–Trinajstić information content (AvgIpc) is 3.04. The number of hydrogen-bond donors (Lipinski definition) is 0. The Kier molecular flexibility index (Phi) is 7.49. The molecule has 0 bridgehead atoms. The van der Waals surface area contributed by atoms with E-state index in [1.165, 1.54) is 32.0 Å². The van der Waals surface area contributed by atoms with Crippen LogP contribution in [0.25, 0.3) is 0 Å². The van der Waals surface area contributed by atoms with Crippen LogP contribution in [0.3, 0.4) is 0 Å². The summed E-state index contributed by atoms with van der Waals surface area (Å²) in [5.41, 5.74) is -3.85. The van der Waals surface area contributed by atoms with Gasteiger partial charge in [-0.25, -0.2) is 14.3 Å². The molecule has 7 nitrogen and oxygen atoms in total. The van der Waals surface area contributed by atoms with E-state index in [1.54, 1.807) is 0 Å². The normalized spacial score (nSPS) is 11.3. The molecule has 0 fully saturated rings. The second-order valence-corrected chi connectivity index (χ2v) is 6.54. The van der Waals surface area contributed by atoms with Gasteiger partial charge in [-0.2, -0.15) is 18.3 Å². The smallest absolute Gasteiger partial charge is 0.421 e. The van der Waals surface area contributed by atoms with Crippen LogP contribution in [0.15, 0.2) is 18.2 Å². The van der Waals surface area contributed by atoms with Crippen molar-refractivity contribution in [3.05, 3.63) is 50.8 Å². The number of aromatic nitrogens is 2. The maximum atomic E-state index is 13.7. The first-order chi connectivity index (χ1) is 14.0. The van der Waals surface area contributed by atoms with Crippen LogP contribution in [0.4, 0.5) is 13.2 Å². The molecule has 2 rings (SSSR count). The van der Waals surface area contributed by atoms with Gasteiger partial charge >= 0.3 is 18.1 Å². The molecule has 1 aromatic heterocycles. The van der Waals surface area contributed by atoms with Crippen LogP contribution in [0.2, 0.25) is 10.0 Å². The van der Waals surface area contributed by atoms with Crippen molar-refractivity contribution in [3.63, 3.8) is 0 Å². The highest BCUT2D eigenvalue weighted by atomic mass is 35.5. The van der Waals surface area contributed by atoms with Gasteiger partial charge in [-0.05, 0) is 32.0 Å². The van der Waals surface area contributed by atoms with Crippen LogP contribution in [0.5, 0.6) is 0 Å². The minimum Gasteiger partial charge on any atom is -0.461 e. The van der Waals surface area contributed by atoms with E-state index >= 15 is 0 Å². The van der Waals surface area contributed by atoms with Gasteiger partial charge in [0.05, 0.1) is 23.3 Å². The van der Waals surface area contributed by atoms with E-state index in [1.807, 2.05) is 0 Å². The Morgan fingerprint density at radius 3 is 2.17 bits per heavy atom. The third kappa shape index (κ3) is 5.11. The van der Waals surface area contributed by atoms with Crippen molar-refractivity contribution >= 4 is 40.9 Å². The van der Waals surface area contributed by atoms with Crippen LogP contribution >= 0.6 is 23.2 Å². The van der Waals surface area contributed by atoms with Gasteiger partial charge in [-0.15, -0.1) is 0 Å². The lowest BCUT2D eigenvalue weighted by Gasteiger charge is -2.11. The maximum Gasteiger partial charge on any atom is 0.421 e. The largest absolute Gasteiger partial charge is 0.461 e. The van der Waals surface area contributed by atoms with Gasteiger partial charge in [0.25, 0.3) is 0 Å². The van der Waals surface area contributed by atoms with Crippen molar-refractivity contribution < 1.29 is 37.0 Å². The molecule has 0 N–H and O–H groups in total. The highest BCUT2D eigenvalue weighted by Crippen LogP contribution is 2.36. The Bertz CT molecular complexity index is 989. The molecule has 0 amide bonds. The van der Waals surface area contributed by atoms with E-state index < -0.39 is 47.4 Å². The summed E-state index contributed by atoms with van der Waals surface area (Å²) in [4.78, 5) is 36.9. The third-order valence-electron chi connectivity index (χ3n) is 3.71. The number of nitrogens with zero attached hydrogens (tertiary/aromatic N) is 2. The Labute approximate surface area is 178 Å². The van der Waals surface area contributed by atoms with Crippen LogP contribution in [0.1, 0.15) is 50.7 Å². The van der Waals surface area contributed by atoms with E-state index in [0.717, 1.165) is 0 Å². The van der Waals surface area contributed by atoms with Crippen molar-refractivity contribution in [1.29, 1.82) is 0 Å². The van der Waals surface area contributed by atoms with Crippen LogP contribution in [-0.2, 0) is 22.2 Å². The number of alkyl halides is 3. The number of ether oxygens (including phenoxy) is 2. The fourth-order valence-electron chi connectivity index (χ4n) is 2.49. The fourth-order valence-corrected chi connectivity index (χ4v) is 2.79. The summed E-state index contributed by atoms with van der Waals surface area (Å²) in [6, 6.07) is 3.86. The van der Waals surface area contributed by atoms with Gasteiger partial charge in [0.1, 0.15) is 12.1 Å². The Hall–Kier alpha value is -2.59. The second-order valence-electron chi connectivity index (χ2n) is 5.72. The van der Waals surface area contributed by atoms with Crippen molar-refractivity contribution in [1.82, 2.24) is 9.78 Å². The zero-order chi connectivity index (χ0) is 22.6. The standard InChI is InChI=1S/C18H15Cl2F3N2O5/c1-3-29-16(27)14-13(18(21,22)23)15(17(28)30-4-2)25(24-14)8-12(26)9-5-6-10(19)11(20)7-9/h5-7H,3-4,8H2,1-2H3. The molecule has 0 aliphatic carbocycles. The van der Waals surface area contributed by atoms with Crippen LogP contribution < -0.4 is 0 Å². The number of esters is 2. The number of benzene rings is 1. The first-order valence-electron chi connectivity index (χ1n) is 8.51. The van der Waals surface area contributed by atoms with Gasteiger partial charge in [-0.1, -0.05) is 23.2 Å². The van der Waals surface area contributed by atoms with Crippen molar-refractivity contribution in [3.8, 4) is 0 Å². The molecule has 0 spiro atoms. The van der Waals surface area contributed by atoms with E-state index in [2.05, 4.69) is 14.6 Å². The lowest BCUT2D eigenvalue weighted by Crippen LogP contribution is -2.22. The number of carbonyl (C=O) groups excluding carboxylic acids is 3. The highest BCUT2D eigenvalue weighted by molar-refractivity contribution is 6.42. The number of Topliss-reactive ketones (excluding diaryl/α,β-unsaturated/α-hetero) is 1. The Balaban J connectivity index is 2.61. The molecular weight excluding hydrogens is 452 g/mol. The maximum absolute atomic E-state index is 13.7. The quantitative estimate of drug-likeness (QED) is 0.442. The molecule has 0 saturated carbocycles. The van der Waals surface area contributed by atoms with Gasteiger partial charge in [-0.3, -0.25) is 4.79 Å². The fraction of sp³-hybridized carbons (Fsp3) is 0.333. The van der Waals surface area contributed by atoms with E-state index in [9.17, 15) is 27.6 Å². The summed E-state index contributed by atoms with van der Waals surface area (Å²) in [6.07, 6.45) is -5.14. The summed E-state index contributed by atoms with van der Waals surface area (Å²) < 4.78 is 50.8. The van der Waals surface area contributed by atoms with Crippen molar-refractivity contribution in [2.75, 3.05) is 13.2 Å². The van der Waals surface area contributed by atoms with Gasteiger partial charge < -0.3 is 9.47 Å². The molecule has 12 heteroatoms. The molecule has 2 aromatic rings. The van der Waals surface area contributed by atoms with Crippen LogP contribution in [-0.4, -0.2) is 40.7 Å². The molecule has 1 aromatic carbocycles. The number of carbonyl (C=O) groups is 3. The van der Waals surface area contributed by atoms with E-state index in [0.29, 0.717) is 4.68 Å². The summed E-state index contributed by atoms with van der Waals surface area (Å²) in [5, 5.41) is 3.77. The first kappa shape index (κ1) is 23.7. The van der Waals surface area contributed by atoms with E-state index in [4.69, 9.17) is 23.2 Å². The summed E-state index contributed by atoms with van der Waals surface area (Å²) in [5.74, 6) is -3.52. The van der Waals surface area contributed by atoms with Gasteiger partial charge in [0.15, 0.2) is 17.2 Å². The minimum atomic E-state index is -5.14. The van der Waals surface area contributed by atoms with E-state index in [-0.39, 0.29) is 28.8 Å². The predicted molar refractivity (Wildman–Crippen MR) is 99.9 cm³/mol. The Morgan fingerprint density at radius 1 is 1.03 bits per heavy atom. The lowest BCUT2D eigenvalue weighted by molar-refractivity contribution is -0.138. The summed E-state index contributed by atoms with van der Waals surface area (Å²) in [6.45, 7) is 1.52. The highest BCUT2D eigenvalue weighted by Gasteiger charge is 2.45. The minimum absolute atomic E-state index is 0.0148. The number of rotatable bonds is 7. The van der Waals surface area contributed by atoms with Crippen molar-refractivity contribution in [2.24, 2.45) is 0 Å². The monoisotopic (exact) mass is 466 g/mol. The van der Waals surface area contributed by atoms with Crippen molar-refractivity contribution in [2.45, 2.75) is 26.6 Å². The molecule has 30 heavy (non-hydrogen) atoms. The SMILES string of the molecule is CCOC(=O)c1nn(CC(=O)c2ccc(Cl)c(Cl)c2)c(C(=O)OCC)c1C(F)(F)F. The molecule has 0 atom stereocenters. The molecule has 0 aliphatic rings.